The van der Waals surface area contributed by atoms with Crippen LogP contribution >= 0.6 is 11.8 Å². The summed E-state index contributed by atoms with van der Waals surface area (Å²) in [6.45, 7) is 6.52. The molecule has 2 heterocycles. The van der Waals surface area contributed by atoms with Crippen LogP contribution in [0.2, 0.25) is 0 Å². The number of ether oxygens (including phenoxy) is 1. The summed E-state index contributed by atoms with van der Waals surface area (Å²) in [5.41, 5.74) is 1.77. The number of fused-ring (bicyclic) bond motifs is 1. The Bertz CT molecular complexity index is 955. The molecule has 162 valence electrons. The lowest BCUT2D eigenvalue weighted by molar-refractivity contribution is 0.205. The fourth-order valence-corrected chi connectivity index (χ4v) is 6.64. The van der Waals surface area contributed by atoms with Crippen LogP contribution in [0.3, 0.4) is 0 Å². The summed E-state index contributed by atoms with van der Waals surface area (Å²) in [7, 11) is -3.59. The molecule has 0 spiro atoms. The van der Waals surface area contributed by atoms with Crippen molar-refractivity contribution in [2.45, 2.75) is 42.4 Å². The fourth-order valence-electron chi connectivity index (χ4n) is 4.01. The smallest absolute Gasteiger partial charge is 0.264 e. The molecule has 30 heavy (non-hydrogen) atoms. The predicted octanol–water partition coefficient (Wildman–Crippen LogP) is 4.55. The van der Waals surface area contributed by atoms with Crippen LogP contribution in [0.15, 0.2) is 52.3 Å². The van der Waals surface area contributed by atoms with Crippen LogP contribution in [0.5, 0.6) is 5.75 Å². The highest BCUT2D eigenvalue weighted by molar-refractivity contribution is 8.00. The zero-order valence-electron chi connectivity index (χ0n) is 17.5. The van der Waals surface area contributed by atoms with Gasteiger partial charge in [0, 0.05) is 29.8 Å². The highest BCUT2D eigenvalue weighted by Crippen LogP contribution is 2.40. The van der Waals surface area contributed by atoms with E-state index in [9.17, 15) is 8.42 Å². The highest BCUT2D eigenvalue weighted by atomic mass is 32.2. The Morgan fingerprint density at radius 1 is 1.00 bits per heavy atom. The van der Waals surface area contributed by atoms with E-state index in [0.29, 0.717) is 18.0 Å². The quantitative estimate of drug-likeness (QED) is 0.584. The second-order valence-electron chi connectivity index (χ2n) is 7.97. The second kappa shape index (κ2) is 9.62. The van der Waals surface area contributed by atoms with Crippen LogP contribution < -0.4 is 9.04 Å². The maximum absolute atomic E-state index is 13.3. The Morgan fingerprint density at radius 2 is 1.77 bits per heavy atom. The molecule has 0 bridgehead atoms. The van der Waals surface area contributed by atoms with Crippen molar-refractivity contribution >= 4 is 27.5 Å². The Morgan fingerprint density at radius 3 is 2.53 bits per heavy atom. The molecule has 0 aromatic heterocycles. The number of rotatable bonds is 7. The largest absolute Gasteiger partial charge is 0.493 e. The predicted molar refractivity (Wildman–Crippen MR) is 123 cm³/mol. The number of likely N-dealkylation sites (tertiary alicyclic amines) is 1. The van der Waals surface area contributed by atoms with Crippen LogP contribution in [0.25, 0.3) is 0 Å². The number of hydrogen-bond acceptors (Lipinski definition) is 5. The van der Waals surface area contributed by atoms with Gasteiger partial charge in [-0.2, -0.15) is 0 Å². The van der Waals surface area contributed by atoms with Gasteiger partial charge in [-0.1, -0.05) is 24.1 Å². The minimum Gasteiger partial charge on any atom is -0.493 e. The number of anilines is 1. The number of sulfonamides is 1. The van der Waals surface area contributed by atoms with Crippen molar-refractivity contribution in [1.82, 2.24) is 4.90 Å². The minimum absolute atomic E-state index is 0.332. The van der Waals surface area contributed by atoms with Gasteiger partial charge in [0.25, 0.3) is 10.0 Å². The molecule has 0 amide bonds. The van der Waals surface area contributed by atoms with Crippen molar-refractivity contribution in [3.8, 4) is 5.75 Å². The molecule has 0 atom stereocenters. The van der Waals surface area contributed by atoms with Gasteiger partial charge in [0.05, 0.1) is 17.2 Å². The number of aryl methyl sites for hydroxylation is 1. The third kappa shape index (κ3) is 4.95. The molecule has 2 aliphatic rings. The number of benzene rings is 2. The van der Waals surface area contributed by atoms with E-state index in [4.69, 9.17) is 4.74 Å². The molecule has 0 N–H and O–H groups in total. The topological polar surface area (TPSA) is 49.9 Å². The average molecular weight is 447 g/mol. The molecular weight excluding hydrogens is 416 g/mol. The highest BCUT2D eigenvalue weighted by Gasteiger charge is 2.29. The molecule has 4 rings (SSSR count). The lowest BCUT2D eigenvalue weighted by Crippen LogP contribution is -2.35. The first-order chi connectivity index (χ1) is 14.5. The molecule has 2 aromatic rings. The van der Waals surface area contributed by atoms with Crippen molar-refractivity contribution in [3.05, 3.63) is 48.0 Å². The first kappa shape index (κ1) is 21.5. The van der Waals surface area contributed by atoms with E-state index in [1.165, 1.54) is 36.7 Å². The summed E-state index contributed by atoms with van der Waals surface area (Å²) >= 11 is 1.69. The maximum Gasteiger partial charge on any atom is 0.264 e. The van der Waals surface area contributed by atoms with Gasteiger partial charge in [0.15, 0.2) is 0 Å². The minimum atomic E-state index is -3.59. The molecule has 7 heteroatoms. The van der Waals surface area contributed by atoms with Gasteiger partial charge in [0.1, 0.15) is 5.75 Å². The van der Waals surface area contributed by atoms with Crippen molar-refractivity contribution in [3.63, 3.8) is 0 Å². The van der Waals surface area contributed by atoms with Crippen molar-refractivity contribution in [2.75, 3.05) is 42.8 Å². The van der Waals surface area contributed by atoms with Gasteiger partial charge in [-0.3, -0.25) is 4.31 Å². The number of thioether (sulfide) groups is 1. The lowest BCUT2D eigenvalue weighted by atomic mass is 10.1. The Hall–Kier alpha value is -1.70. The summed E-state index contributed by atoms with van der Waals surface area (Å²) < 4.78 is 34.1. The Labute approximate surface area is 184 Å². The SMILES string of the molecule is Cc1ccc(S(=O)(=O)N2CCSc3ccc(OCCCN4CCCCC4)cc32)cc1. The van der Waals surface area contributed by atoms with E-state index in [1.54, 1.807) is 23.9 Å². The second-order valence-corrected chi connectivity index (χ2v) is 11.0. The van der Waals surface area contributed by atoms with E-state index in [1.807, 2.05) is 37.3 Å². The number of nitrogens with zero attached hydrogens (tertiary/aromatic N) is 2. The molecule has 5 nitrogen and oxygen atoms in total. The third-order valence-electron chi connectivity index (χ3n) is 5.70. The third-order valence-corrected chi connectivity index (χ3v) is 8.57. The van der Waals surface area contributed by atoms with Gasteiger partial charge >= 0.3 is 0 Å². The molecule has 0 saturated carbocycles. The zero-order chi connectivity index (χ0) is 21.0. The Kier molecular flexibility index (Phi) is 6.91. The van der Waals surface area contributed by atoms with E-state index < -0.39 is 10.0 Å². The van der Waals surface area contributed by atoms with E-state index in [-0.39, 0.29) is 0 Å². The normalized spacial score (nSPS) is 17.6. The van der Waals surface area contributed by atoms with Crippen LogP contribution in [0.4, 0.5) is 5.69 Å². The molecule has 1 saturated heterocycles. The molecule has 0 aliphatic carbocycles. The van der Waals surface area contributed by atoms with Crippen LogP contribution in [0.1, 0.15) is 31.2 Å². The van der Waals surface area contributed by atoms with Crippen LogP contribution in [0, 0.1) is 6.92 Å². The van der Waals surface area contributed by atoms with E-state index in [0.717, 1.165) is 40.6 Å². The molecule has 2 aliphatic heterocycles. The van der Waals surface area contributed by atoms with Gasteiger partial charge in [-0.25, -0.2) is 8.42 Å². The zero-order valence-corrected chi connectivity index (χ0v) is 19.2. The summed E-state index contributed by atoms with van der Waals surface area (Å²) in [4.78, 5) is 3.82. The summed E-state index contributed by atoms with van der Waals surface area (Å²) in [6.07, 6.45) is 4.93. The Balaban J connectivity index is 1.45. The van der Waals surface area contributed by atoms with Crippen molar-refractivity contribution in [1.29, 1.82) is 0 Å². The van der Waals surface area contributed by atoms with E-state index in [2.05, 4.69) is 4.90 Å². The van der Waals surface area contributed by atoms with Crippen LogP contribution in [-0.4, -0.2) is 51.9 Å². The summed E-state index contributed by atoms with van der Waals surface area (Å²) in [5.74, 6) is 1.48. The fraction of sp³-hybridized carbons (Fsp3) is 0.478. The van der Waals surface area contributed by atoms with Gasteiger partial charge < -0.3 is 9.64 Å². The summed E-state index contributed by atoms with van der Waals surface area (Å²) in [6, 6.07) is 12.9. The molecule has 0 radical (unpaired) electrons. The van der Waals surface area contributed by atoms with Gasteiger partial charge in [-0.05, 0) is 63.5 Å². The first-order valence-electron chi connectivity index (χ1n) is 10.8. The van der Waals surface area contributed by atoms with Crippen molar-refractivity contribution < 1.29 is 13.2 Å². The molecule has 2 aromatic carbocycles. The van der Waals surface area contributed by atoms with Crippen LogP contribution in [-0.2, 0) is 10.0 Å². The number of hydrogen-bond donors (Lipinski definition) is 0. The maximum atomic E-state index is 13.3. The lowest BCUT2D eigenvalue weighted by Gasteiger charge is -2.30. The summed E-state index contributed by atoms with van der Waals surface area (Å²) in [5, 5.41) is 0. The molecular formula is C23H30N2O3S2. The molecule has 0 unspecified atom stereocenters. The van der Waals surface area contributed by atoms with Crippen molar-refractivity contribution in [2.24, 2.45) is 0 Å². The first-order valence-corrected chi connectivity index (χ1v) is 13.2. The molecule has 1 fully saturated rings. The standard InChI is InChI=1S/C23H30N2O3S2/c1-19-6-9-21(10-7-19)30(26,27)25-15-17-29-23-11-8-20(18-22(23)25)28-16-5-14-24-12-3-2-4-13-24/h6-11,18H,2-5,12-17H2,1H3. The monoisotopic (exact) mass is 446 g/mol. The van der Waals surface area contributed by atoms with E-state index >= 15 is 0 Å². The van der Waals surface area contributed by atoms with Gasteiger partial charge in [0.2, 0.25) is 0 Å². The average Bonchev–Trinajstić information content (AvgIpc) is 2.77. The number of piperidine rings is 1. The van der Waals surface area contributed by atoms with Gasteiger partial charge in [-0.15, -0.1) is 11.8 Å².